The van der Waals surface area contributed by atoms with Gasteiger partial charge in [0.2, 0.25) is 0 Å². The van der Waals surface area contributed by atoms with Crippen LogP contribution in [0.15, 0.2) is 34.6 Å². The molecular formula is C11H13IN2O2. The highest BCUT2D eigenvalue weighted by molar-refractivity contribution is 14.1. The summed E-state index contributed by atoms with van der Waals surface area (Å²) in [7, 11) is 3.04. The van der Waals surface area contributed by atoms with Crippen molar-refractivity contribution in [2.75, 3.05) is 14.2 Å². The fourth-order valence-corrected chi connectivity index (χ4v) is 1.52. The third-order valence-corrected chi connectivity index (χ3v) is 2.56. The van der Waals surface area contributed by atoms with Crippen LogP contribution in [0.3, 0.4) is 0 Å². The lowest BCUT2D eigenvalue weighted by atomic mass is 10.1. The van der Waals surface area contributed by atoms with E-state index in [-0.39, 0.29) is 0 Å². The molecule has 0 bridgehead atoms. The molecule has 0 saturated heterocycles. The predicted molar refractivity (Wildman–Crippen MR) is 72.8 cm³/mol. The maximum Gasteiger partial charge on any atom is 0.106 e. The van der Waals surface area contributed by atoms with Crippen LogP contribution in [-0.4, -0.2) is 26.1 Å². The molecule has 0 N–H and O–H groups in total. The second-order valence-electron chi connectivity index (χ2n) is 2.90. The standard InChI is InChI=1S/C11H13IN2O2/c1-15-13-8-7-11(14-16-2)9-3-5-10(12)6-4-9/h3-6,8H,7H2,1-2H3/b13-8+,14-11+. The van der Waals surface area contributed by atoms with Crippen molar-refractivity contribution in [3.63, 3.8) is 0 Å². The van der Waals surface area contributed by atoms with E-state index in [9.17, 15) is 0 Å². The van der Waals surface area contributed by atoms with Gasteiger partial charge in [0.05, 0.1) is 5.71 Å². The highest BCUT2D eigenvalue weighted by Gasteiger charge is 2.02. The number of hydrogen-bond donors (Lipinski definition) is 0. The Balaban J connectivity index is 2.81. The van der Waals surface area contributed by atoms with Crippen LogP contribution in [-0.2, 0) is 9.68 Å². The molecule has 0 heterocycles. The highest BCUT2D eigenvalue weighted by Crippen LogP contribution is 2.09. The zero-order valence-corrected chi connectivity index (χ0v) is 11.3. The minimum atomic E-state index is 0.572. The molecule has 0 spiro atoms. The Bertz CT molecular complexity index is 374. The minimum absolute atomic E-state index is 0.572. The molecule has 0 amide bonds. The number of nitrogens with zero attached hydrogens (tertiary/aromatic N) is 2. The first kappa shape index (κ1) is 13.0. The first-order valence-electron chi connectivity index (χ1n) is 4.69. The van der Waals surface area contributed by atoms with Crippen molar-refractivity contribution in [2.24, 2.45) is 10.3 Å². The first-order valence-corrected chi connectivity index (χ1v) is 5.76. The summed E-state index contributed by atoms with van der Waals surface area (Å²) in [6.07, 6.45) is 2.22. The molecular weight excluding hydrogens is 319 g/mol. The van der Waals surface area contributed by atoms with Crippen molar-refractivity contribution in [1.29, 1.82) is 0 Å². The molecule has 0 fully saturated rings. The molecule has 4 nitrogen and oxygen atoms in total. The van der Waals surface area contributed by atoms with Crippen LogP contribution in [0.25, 0.3) is 0 Å². The van der Waals surface area contributed by atoms with E-state index in [1.54, 1.807) is 6.21 Å². The van der Waals surface area contributed by atoms with Gasteiger partial charge in [0.15, 0.2) is 0 Å². The van der Waals surface area contributed by atoms with Gasteiger partial charge >= 0.3 is 0 Å². The Hall–Kier alpha value is -1.11. The van der Waals surface area contributed by atoms with E-state index in [0.717, 1.165) is 11.3 Å². The van der Waals surface area contributed by atoms with Gasteiger partial charge in [-0.05, 0) is 40.3 Å². The van der Waals surface area contributed by atoms with E-state index in [4.69, 9.17) is 4.84 Å². The van der Waals surface area contributed by atoms with Crippen LogP contribution < -0.4 is 0 Å². The zero-order chi connectivity index (χ0) is 11.8. The lowest BCUT2D eigenvalue weighted by molar-refractivity contribution is 0.212. The molecule has 0 aliphatic carbocycles. The van der Waals surface area contributed by atoms with Crippen LogP contribution in [0, 0.1) is 3.57 Å². The number of rotatable bonds is 5. The quantitative estimate of drug-likeness (QED) is 0.473. The number of benzene rings is 1. The largest absolute Gasteiger partial charge is 0.399 e. The molecule has 1 rings (SSSR count). The van der Waals surface area contributed by atoms with Crippen molar-refractivity contribution in [3.05, 3.63) is 33.4 Å². The van der Waals surface area contributed by atoms with E-state index in [1.165, 1.54) is 17.8 Å². The maximum atomic E-state index is 4.80. The molecule has 0 aromatic heterocycles. The van der Waals surface area contributed by atoms with Crippen LogP contribution in [0.4, 0.5) is 0 Å². The summed E-state index contributed by atoms with van der Waals surface area (Å²) in [5.74, 6) is 0. The molecule has 1 aromatic carbocycles. The van der Waals surface area contributed by atoms with E-state index < -0.39 is 0 Å². The summed E-state index contributed by atoms with van der Waals surface area (Å²) in [4.78, 5) is 9.40. The number of oxime groups is 2. The normalized spacial score (nSPS) is 11.8. The second kappa shape index (κ2) is 7.21. The van der Waals surface area contributed by atoms with Crippen molar-refractivity contribution < 1.29 is 9.68 Å². The van der Waals surface area contributed by atoms with Gasteiger partial charge < -0.3 is 9.68 Å². The Kier molecular flexibility index (Phi) is 5.84. The topological polar surface area (TPSA) is 43.2 Å². The van der Waals surface area contributed by atoms with Gasteiger partial charge in [0.25, 0.3) is 0 Å². The third kappa shape index (κ3) is 4.18. The fraction of sp³-hybridized carbons (Fsp3) is 0.273. The molecule has 86 valence electrons. The molecule has 0 saturated carbocycles. The van der Waals surface area contributed by atoms with Crippen LogP contribution >= 0.6 is 22.6 Å². The summed E-state index contributed by atoms with van der Waals surface area (Å²) in [5, 5.41) is 7.64. The Morgan fingerprint density at radius 2 is 1.94 bits per heavy atom. The Labute approximate surface area is 108 Å². The third-order valence-electron chi connectivity index (χ3n) is 1.84. The summed E-state index contributed by atoms with van der Waals surface area (Å²) in [6.45, 7) is 0. The van der Waals surface area contributed by atoms with Gasteiger partial charge in [-0.25, -0.2) is 0 Å². The first-order chi connectivity index (χ1) is 7.77. The molecule has 0 unspecified atom stereocenters. The van der Waals surface area contributed by atoms with Gasteiger partial charge in [-0.15, -0.1) is 0 Å². The summed E-state index contributed by atoms with van der Waals surface area (Å²) < 4.78 is 1.18. The predicted octanol–water partition coefficient (Wildman–Crippen LogP) is 2.66. The second-order valence-corrected chi connectivity index (χ2v) is 4.15. The number of halogens is 1. The summed E-state index contributed by atoms with van der Waals surface area (Å²) in [5.41, 5.74) is 1.84. The molecule has 16 heavy (non-hydrogen) atoms. The van der Waals surface area contributed by atoms with Gasteiger partial charge in [-0.3, -0.25) is 0 Å². The smallest absolute Gasteiger partial charge is 0.106 e. The SMILES string of the molecule is CO/N=C/C/C(=N\OC)c1ccc(I)cc1. The number of hydrogen-bond acceptors (Lipinski definition) is 4. The van der Waals surface area contributed by atoms with Crippen molar-refractivity contribution >= 4 is 34.5 Å². The van der Waals surface area contributed by atoms with E-state index >= 15 is 0 Å². The van der Waals surface area contributed by atoms with E-state index in [0.29, 0.717) is 6.42 Å². The lowest BCUT2D eigenvalue weighted by Crippen LogP contribution is -2.02. The average molecular weight is 332 g/mol. The van der Waals surface area contributed by atoms with Crippen molar-refractivity contribution in [1.82, 2.24) is 0 Å². The van der Waals surface area contributed by atoms with Crippen molar-refractivity contribution in [2.45, 2.75) is 6.42 Å². The fourth-order valence-electron chi connectivity index (χ4n) is 1.16. The van der Waals surface area contributed by atoms with Gasteiger partial charge in [-0.1, -0.05) is 22.4 Å². The van der Waals surface area contributed by atoms with Gasteiger partial charge in [-0.2, -0.15) is 0 Å². The van der Waals surface area contributed by atoms with Crippen LogP contribution in [0.2, 0.25) is 0 Å². The summed E-state index contributed by atoms with van der Waals surface area (Å²) >= 11 is 2.26. The zero-order valence-electron chi connectivity index (χ0n) is 9.18. The molecule has 5 heteroatoms. The molecule has 0 atom stereocenters. The average Bonchev–Trinajstić information content (AvgIpc) is 2.29. The highest BCUT2D eigenvalue weighted by atomic mass is 127. The Morgan fingerprint density at radius 3 is 2.50 bits per heavy atom. The lowest BCUT2D eigenvalue weighted by Gasteiger charge is -2.02. The molecule has 1 aromatic rings. The molecule has 0 aliphatic heterocycles. The van der Waals surface area contributed by atoms with Gasteiger partial charge in [0, 0.05) is 16.2 Å². The monoisotopic (exact) mass is 332 g/mol. The van der Waals surface area contributed by atoms with Crippen molar-refractivity contribution in [3.8, 4) is 0 Å². The van der Waals surface area contributed by atoms with Crippen LogP contribution in [0.5, 0.6) is 0 Å². The maximum absolute atomic E-state index is 4.80. The molecule has 0 radical (unpaired) electrons. The van der Waals surface area contributed by atoms with E-state index in [2.05, 4.69) is 37.7 Å². The molecule has 0 aliphatic rings. The summed E-state index contributed by atoms with van der Waals surface area (Å²) in [6, 6.07) is 8.05. The minimum Gasteiger partial charge on any atom is -0.399 e. The van der Waals surface area contributed by atoms with Gasteiger partial charge in [0.1, 0.15) is 14.2 Å². The Morgan fingerprint density at radius 1 is 1.25 bits per heavy atom. The van der Waals surface area contributed by atoms with E-state index in [1.807, 2.05) is 24.3 Å². The van der Waals surface area contributed by atoms with Crippen LogP contribution in [0.1, 0.15) is 12.0 Å².